The van der Waals surface area contributed by atoms with Crippen LogP contribution in [0.1, 0.15) is 13.8 Å². The molecule has 0 bridgehead atoms. The van der Waals surface area contributed by atoms with E-state index in [-0.39, 0.29) is 13.2 Å². The molecule has 0 saturated carbocycles. The van der Waals surface area contributed by atoms with Crippen LogP contribution in [0.5, 0.6) is 0 Å². The van der Waals surface area contributed by atoms with E-state index in [9.17, 15) is 9.59 Å². The summed E-state index contributed by atoms with van der Waals surface area (Å²) in [6.07, 6.45) is 1.09. The standard InChI is InChI=1S/C10H16O5/c1-4-14-8(7-13-3)6-9(11)10(12)15-5-2/h6H,4-5,7H2,1-3H3. The fourth-order valence-electron chi connectivity index (χ4n) is 0.860. The van der Waals surface area contributed by atoms with Crippen LogP contribution in [0.2, 0.25) is 0 Å². The number of methoxy groups -OCH3 is 1. The lowest BCUT2D eigenvalue weighted by molar-refractivity contribution is -0.151. The van der Waals surface area contributed by atoms with Gasteiger partial charge in [-0.2, -0.15) is 0 Å². The van der Waals surface area contributed by atoms with Crippen molar-refractivity contribution in [3.63, 3.8) is 0 Å². The number of ether oxygens (including phenoxy) is 3. The second-order valence-corrected chi connectivity index (χ2v) is 2.56. The molecule has 0 rings (SSSR count). The molecule has 0 fully saturated rings. The average Bonchev–Trinajstić information content (AvgIpc) is 2.18. The van der Waals surface area contributed by atoms with Crippen LogP contribution in [0.15, 0.2) is 11.8 Å². The van der Waals surface area contributed by atoms with E-state index in [4.69, 9.17) is 9.47 Å². The summed E-state index contributed by atoms with van der Waals surface area (Å²) in [5.41, 5.74) is 0. The van der Waals surface area contributed by atoms with Crippen molar-refractivity contribution in [2.45, 2.75) is 13.8 Å². The van der Waals surface area contributed by atoms with Crippen molar-refractivity contribution in [3.8, 4) is 0 Å². The topological polar surface area (TPSA) is 61.8 Å². The molecule has 0 aliphatic carbocycles. The van der Waals surface area contributed by atoms with Gasteiger partial charge in [0.1, 0.15) is 12.4 Å². The Bertz CT molecular complexity index is 236. The Labute approximate surface area is 89.0 Å². The first-order valence-electron chi connectivity index (χ1n) is 4.69. The number of carbonyl (C=O) groups is 2. The number of esters is 1. The van der Waals surface area contributed by atoms with Gasteiger partial charge >= 0.3 is 5.97 Å². The highest BCUT2D eigenvalue weighted by Crippen LogP contribution is 1.99. The van der Waals surface area contributed by atoms with Crippen molar-refractivity contribution >= 4 is 11.8 Å². The highest BCUT2D eigenvalue weighted by molar-refractivity contribution is 6.38. The predicted octanol–water partition coefficient (Wildman–Crippen LogP) is 0.685. The first-order valence-corrected chi connectivity index (χ1v) is 4.69. The third kappa shape index (κ3) is 5.85. The molecule has 5 nitrogen and oxygen atoms in total. The summed E-state index contributed by atoms with van der Waals surface area (Å²) in [5.74, 6) is -1.30. The smallest absolute Gasteiger partial charge is 0.379 e. The summed E-state index contributed by atoms with van der Waals surface area (Å²) in [4.78, 5) is 22.2. The molecular weight excluding hydrogens is 200 g/mol. The summed E-state index contributed by atoms with van der Waals surface area (Å²) in [6.45, 7) is 4.14. The summed E-state index contributed by atoms with van der Waals surface area (Å²) in [5, 5.41) is 0. The van der Waals surface area contributed by atoms with E-state index in [2.05, 4.69) is 4.74 Å². The summed E-state index contributed by atoms with van der Waals surface area (Å²) in [6, 6.07) is 0. The van der Waals surface area contributed by atoms with E-state index >= 15 is 0 Å². The number of rotatable bonds is 7. The van der Waals surface area contributed by atoms with E-state index in [0.29, 0.717) is 12.4 Å². The van der Waals surface area contributed by atoms with Crippen molar-refractivity contribution in [2.24, 2.45) is 0 Å². The Hall–Kier alpha value is -1.36. The van der Waals surface area contributed by atoms with Crippen LogP contribution in [-0.4, -0.2) is 38.7 Å². The van der Waals surface area contributed by atoms with Gasteiger partial charge in [-0.3, -0.25) is 4.79 Å². The second kappa shape index (κ2) is 7.99. The Kier molecular flexibility index (Phi) is 7.27. The molecule has 0 atom stereocenters. The molecule has 15 heavy (non-hydrogen) atoms. The third-order valence-corrected chi connectivity index (χ3v) is 1.39. The zero-order chi connectivity index (χ0) is 11.7. The predicted molar refractivity (Wildman–Crippen MR) is 53.2 cm³/mol. The minimum absolute atomic E-state index is 0.152. The van der Waals surface area contributed by atoms with E-state index in [1.165, 1.54) is 7.11 Å². The maximum Gasteiger partial charge on any atom is 0.379 e. The van der Waals surface area contributed by atoms with Gasteiger partial charge in [0, 0.05) is 13.2 Å². The Morgan fingerprint density at radius 3 is 2.20 bits per heavy atom. The maximum absolute atomic E-state index is 11.2. The molecular formula is C10H16O5. The van der Waals surface area contributed by atoms with Crippen molar-refractivity contribution < 1.29 is 23.8 Å². The molecule has 0 aromatic heterocycles. The van der Waals surface area contributed by atoms with E-state index in [1.54, 1.807) is 13.8 Å². The average molecular weight is 216 g/mol. The molecule has 86 valence electrons. The van der Waals surface area contributed by atoms with Gasteiger partial charge in [0.05, 0.1) is 13.2 Å². The normalized spacial score (nSPS) is 11.0. The summed E-state index contributed by atoms with van der Waals surface area (Å²) < 4.78 is 14.4. The van der Waals surface area contributed by atoms with Gasteiger partial charge in [0.25, 0.3) is 5.78 Å². The fraction of sp³-hybridized carbons (Fsp3) is 0.600. The molecule has 0 aliphatic rings. The van der Waals surface area contributed by atoms with Gasteiger partial charge in [0.15, 0.2) is 0 Å². The lowest BCUT2D eigenvalue weighted by Gasteiger charge is -2.06. The zero-order valence-corrected chi connectivity index (χ0v) is 9.24. The first-order chi connectivity index (χ1) is 7.15. The monoisotopic (exact) mass is 216 g/mol. The van der Waals surface area contributed by atoms with Crippen molar-refractivity contribution in [3.05, 3.63) is 11.8 Å². The second-order valence-electron chi connectivity index (χ2n) is 2.56. The fourth-order valence-corrected chi connectivity index (χ4v) is 0.860. The van der Waals surface area contributed by atoms with Crippen molar-refractivity contribution in [2.75, 3.05) is 26.9 Å². The van der Waals surface area contributed by atoms with Gasteiger partial charge in [-0.05, 0) is 13.8 Å². The molecule has 0 radical (unpaired) electrons. The minimum atomic E-state index is -0.884. The van der Waals surface area contributed by atoms with Gasteiger partial charge in [-0.15, -0.1) is 0 Å². The van der Waals surface area contributed by atoms with Crippen LogP contribution in [0.3, 0.4) is 0 Å². The first kappa shape index (κ1) is 13.6. The molecule has 0 spiro atoms. The molecule has 0 aromatic rings. The van der Waals surface area contributed by atoms with Crippen LogP contribution >= 0.6 is 0 Å². The largest absolute Gasteiger partial charge is 0.496 e. The van der Waals surface area contributed by atoms with Gasteiger partial charge < -0.3 is 14.2 Å². The molecule has 0 amide bonds. The Morgan fingerprint density at radius 1 is 1.13 bits per heavy atom. The molecule has 0 aliphatic heterocycles. The zero-order valence-electron chi connectivity index (χ0n) is 9.24. The van der Waals surface area contributed by atoms with E-state index in [1.807, 2.05) is 0 Å². The van der Waals surface area contributed by atoms with Gasteiger partial charge in [0.2, 0.25) is 0 Å². The SMILES string of the molecule is CCOC(=O)C(=O)C=C(COC)OCC. The molecule has 0 N–H and O–H groups in total. The summed E-state index contributed by atoms with van der Waals surface area (Å²) in [7, 11) is 1.47. The molecule has 0 heterocycles. The quantitative estimate of drug-likeness (QED) is 0.271. The van der Waals surface area contributed by atoms with Crippen LogP contribution < -0.4 is 0 Å². The third-order valence-electron chi connectivity index (χ3n) is 1.39. The van der Waals surface area contributed by atoms with Gasteiger partial charge in [-0.25, -0.2) is 4.79 Å². The lowest BCUT2D eigenvalue weighted by atomic mass is 10.3. The van der Waals surface area contributed by atoms with Crippen molar-refractivity contribution in [1.29, 1.82) is 0 Å². The molecule has 0 aromatic carbocycles. The van der Waals surface area contributed by atoms with Gasteiger partial charge in [-0.1, -0.05) is 0 Å². The number of carbonyl (C=O) groups excluding carboxylic acids is 2. The van der Waals surface area contributed by atoms with Crippen LogP contribution in [-0.2, 0) is 23.8 Å². The van der Waals surface area contributed by atoms with Crippen LogP contribution in [0, 0.1) is 0 Å². The number of hydrogen-bond acceptors (Lipinski definition) is 5. The van der Waals surface area contributed by atoms with Crippen molar-refractivity contribution in [1.82, 2.24) is 0 Å². The summed E-state index contributed by atoms with van der Waals surface area (Å²) >= 11 is 0. The number of hydrogen-bond donors (Lipinski definition) is 0. The highest BCUT2D eigenvalue weighted by atomic mass is 16.5. The highest BCUT2D eigenvalue weighted by Gasteiger charge is 2.13. The Balaban J connectivity index is 4.37. The van der Waals surface area contributed by atoms with Crippen LogP contribution in [0.25, 0.3) is 0 Å². The molecule has 0 saturated heterocycles. The Morgan fingerprint density at radius 2 is 1.73 bits per heavy atom. The number of ketones is 1. The lowest BCUT2D eigenvalue weighted by Crippen LogP contribution is -2.16. The maximum atomic E-state index is 11.2. The molecule has 5 heteroatoms. The minimum Gasteiger partial charge on any atom is -0.496 e. The van der Waals surface area contributed by atoms with Crippen LogP contribution in [0.4, 0.5) is 0 Å². The van der Waals surface area contributed by atoms with E-state index in [0.717, 1.165) is 6.08 Å². The van der Waals surface area contributed by atoms with E-state index < -0.39 is 11.8 Å². The molecule has 0 unspecified atom stereocenters.